The van der Waals surface area contributed by atoms with Gasteiger partial charge in [0.25, 0.3) is 0 Å². The third kappa shape index (κ3) is 3.32. The van der Waals surface area contributed by atoms with E-state index in [1.54, 1.807) is 0 Å². The second-order valence-electron chi connectivity index (χ2n) is 6.64. The monoisotopic (exact) mass is 366 g/mol. The van der Waals surface area contributed by atoms with Crippen molar-refractivity contribution in [3.8, 4) is 5.75 Å². The standard InChI is InChI=1S/C25H22OSi/c1-21-13-11-12-20-25(21)27(23-16-7-3-8-17-23,24-18-9-4-10-19-24)26-22-14-5-2-6-15-22/h2-20H,1H3. The Bertz CT molecular complexity index is 958. The minimum Gasteiger partial charge on any atom is -0.530 e. The van der Waals surface area contributed by atoms with Crippen molar-refractivity contribution in [2.75, 3.05) is 0 Å². The fourth-order valence-electron chi connectivity index (χ4n) is 3.63. The largest absolute Gasteiger partial charge is 0.530 e. The Kier molecular flexibility index (Phi) is 4.90. The van der Waals surface area contributed by atoms with Crippen LogP contribution in [0.1, 0.15) is 5.56 Å². The van der Waals surface area contributed by atoms with E-state index in [-0.39, 0.29) is 0 Å². The molecule has 0 saturated heterocycles. The lowest BCUT2D eigenvalue weighted by atomic mass is 10.2. The number of rotatable bonds is 5. The Labute approximate surface area is 162 Å². The first-order valence-electron chi connectivity index (χ1n) is 9.22. The van der Waals surface area contributed by atoms with E-state index in [0.29, 0.717) is 0 Å². The molecule has 0 amide bonds. The van der Waals surface area contributed by atoms with Crippen LogP contribution in [0.15, 0.2) is 115 Å². The molecule has 0 spiro atoms. The SMILES string of the molecule is Cc1ccccc1[Si](Oc1ccccc1)(c1ccccc1)c1ccccc1. The third-order valence-corrected chi connectivity index (χ3v) is 9.05. The van der Waals surface area contributed by atoms with Crippen LogP contribution in [0.25, 0.3) is 0 Å². The molecule has 0 aromatic heterocycles. The quantitative estimate of drug-likeness (QED) is 0.383. The Balaban J connectivity index is 2.04. The summed E-state index contributed by atoms with van der Waals surface area (Å²) >= 11 is 0. The van der Waals surface area contributed by atoms with Crippen LogP contribution in [0.2, 0.25) is 0 Å². The molecule has 4 aromatic rings. The van der Waals surface area contributed by atoms with E-state index in [9.17, 15) is 0 Å². The molecule has 1 nitrogen and oxygen atoms in total. The summed E-state index contributed by atoms with van der Waals surface area (Å²) in [5.74, 6) is 0.903. The third-order valence-electron chi connectivity index (χ3n) is 4.90. The predicted octanol–water partition coefficient (Wildman–Crippen LogP) is 4.04. The zero-order valence-corrected chi connectivity index (χ0v) is 16.4. The molecule has 27 heavy (non-hydrogen) atoms. The lowest BCUT2D eigenvalue weighted by Gasteiger charge is -2.34. The van der Waals surface area contributed by atoms with Gasteiger partial charge in [-0.05, 0) is 40.2 Å². The minimum atomic E-state index is -2.71. The number of aryl methyl sites for hydroxylation is 1. The highest BCUT2D eigenvalue weighted by Crippen LogP contribution is 2.18. The van der Waals surface area contributed by atoms with E-state index in [2.05, 4.69) is 91.9 Å². The Morgan fingerprint density at radius 3 is 1.48 bits per heavy atom. The van der Waals surface area contributed by atoms with Crippen molar-refractivity contribution in [2.24, 2.45) is 0 Å². The van der Waals surface area contributed by atoms with Crippen molar-refractivity contribution in [1.29, 1.82) is 0 Å². The summed E-state index contributed by atoms with van der Waals surface area (Å²) in [5, 5.41) is 3.77. The second kappa shape index (κ2) is 7.64. The minimum absolute atomic E-state index is 0.903. The molecule has 132 valence electrons. The fraction of sp³-hybridized carbons (Fsp3) is 0.0400. The summed E-state index contributed by atoms with van der Waals surface area (Å²) in [7, 11) is -2.71. The van der Waals surface area contributed by atoms with Crippen molar-refractivity contribution in [1.82, 2.24) is 0 Å². The average Bonchev–Trinajstić information content (AvgIpc) is 2.75. The van der Waals surface area contributed by atoms with Crippen LogP contribution in [0.4, 0.5) is 0 Å². The predicted molar refractivity (Wildman–Crippen MR) is 116 cm³/mol. The summed E-state index contributed by atoms with van der Waals surface area (Å²) in [6.45, 7) is 2.18. The van der Waals surface area contributed by atoms with Crippen LogP contribution in [-0.4, -0.2) is 8.32 Å². The van der Waals surface area contributed by atoms with Gasteiger partial charge in [0.2, 0.25) is 0 Å². The Morgan fingerprint density at radius 1 is 0.519 bits per heavy atom. The highest BCUT2D eigenvalue weighted by Gasteiger charge is 2.44. The van der Waals surface area contributed by atoms with Gasteiger partial charge < -0.3 is 4.43 Å². The summed E-state index contributed by atoms with van der Waals surface area (Å²) in [4.78, 5) is 0. The van der Waals surface area contributed by atoms with Crippen LogP contribution in [-0.2, 0) is 0 Å². The zero-order chi connectivity index (χ0) is 18.5. The molecule has 0 N–H and O–H groups in total. The number of benzene rings is 4. The van der Waals surface area contributed by atoms with E-state index in [1.807, 2.05) is 30.3 Å². The van der Waals surface area contributed by atoms with Crippen molar-refractivity contribution in [3.63, 3.8) is 0 Å². The number of para-hydroxylation sites is 1. The van der Waals surface area contributed by atoms with Gasteiger partial charge in [-0.25, -0.2) is 0 Å². The Hall–Kier alpha value is -3.10. The van der Waals surface area contributed by atoms with Gasteiger partial charge in [0.15, 0.2) is 0 Å². The topological polar surface area (TPSA) is 9.23 Å². The van der Waals surface area contributed by atoms with Crippen LogP contribution in [0.5, 0.6) is 5.75 Å². The highest BCUT2D eigenvalue weighted by atomic mass is 28.4. The molecule has 4 aromatic carbocycles. The summed E-state index contributed by atoms with van der Waals surface area (Å²) in [6.07, 6.45) is 0. The van der Waals surface area contributed by atoms with E-state index < -0.39 is 8.32 Å². The van der Waals surface area contributed by atoms with Gasteiger partial charge in [-0.2, -0.15) is 0 Å². The molecule has 0 heterocycles. The molecule has 0 aliphatic rings. The molecular formula is C25H22OSi. The second-order valence-corrected chi connectivity index (χ2v) is 9.90. The van der Waals surface area contributed by atoms with Gasteiger partial charge in [-0.15, -0.1) is 0 Å². The molecule has 0 unspecified atom stereocenters. The first kappa shape index (κ1) is 17.3. The molecule has 0 saturated carbocycles. The summed E-state index contributed by atoms with van der Waals surface area (Å²) < 4.78 is 6.98. The van der Waals surface area contributed by atoms with Crippen LogP contribution < -0.4 is 20.0 Å². The molecule has 0 aliphatic heterocycles. The van der Waals surface area contributed by atoms with Gasteiger partial charge in [0, 0.05) is 0 Å². The Morgan fingerprint density at radius 2 is 0.963 bits per heavy atom. The molecule has 0 atom stereocenters. The van der Waals surface area contributed by atoms with Crippen molar-refractivity contribution >= 4 is 23.9 Å². The van der Waals surface area contributed by atoms with E-state index >= 15 is 0 Å². The maximum Gasteiger partial charge on any atom is 0.347 e. The van der Waals surface area contributed by atoms with Crippen molar-refractivity contribution < 1.29 is 4.43 Å². The van der Waals surface area contributed by atoms with Crippen molar-refractivity contribution in [2.45, 2.75) is 6.92 Å². The normalized spacial score (nSPS) is 11.1. The lowest BCUT2D eigenvalue weighted by molar-refractivity contribution is 0.577. The van der Waals surface area contributed by atoms with Gasteiger partial charge in [0.1, 0.15) is 5.75 Å². The van der Waals surface area contributed by atoms with E-state index in [1.165, 1.54) is 21.1 Å². The van der Waals surface area contributed by atoms with Crippen molar-refractivity contribution in [3.05, 3.63) is 121 Å². The van der Waals surface area contributed by atoms with Gasteiger partial charge in [-0.1, -0.05) is 103 Å². The molecule has 0 fully saturated rings. The van der Waals surface area contributed by atoms with Crippen LogP contribution >= 0.6 is 0 Å². The first-order valence-corrected chi connectivity index (χ1v) is 11.1. The first-order chi connectivity index (χ1) is 13.3. The van der Waals surface area contributed by atoms with Gasteiger partial charge >= 0.3 is 8.32 Å². The lowest BCUT2D eigenvalue weighted by Crippen LogP contribution is -2.72. The number of hydrogen-bond donors (Lipinski definition) is 0. The van der Waals surface area contributed by atoms with E-state index in [0.717, 1.165) is 5.75 Å². The smallest absolute Gasteiger partial charge is 0.347 e. The molecule has 0 bridgehead atoms. The van der Waals surface area contributed by atoms with Crippen LogP contribution in [0.3, 0.4) is 0 Å². The molecule has 0 radical (unpaired) electrons. The van der Waals surface area contributed by atoms with Gasteiger partial charge in [-0.3, -0.25) is 0 Å². The summed E-state index contributed by atoms with van der Waals surface area (Å²) in [6, 6.07) is 40.1. The highest BCUT2D eigenvalue weighted by molar-refractivity contribution is 7.07. The van der Waals surface area contributed by atoms with Gasteiger partial charge in [0.05, 0.1) is 0 Å². The molecule has 0 aliphatic carbocycles. The maximum atomic E-state index is 6.98. The average molecular weight is 367 g/mol. The summed E-state index contributed by atoms with van der Waals surface area (Å²) in [5.41, 5.74) is 1.26. The number of hydrogen-bond acceptors (Lipinski definition) is 1. The molecule has 2 heteroatoms. The van der Waals surface area contributed by atoms with Crippen LogP contribution in [0, 0.1) is 6.92 Å². The molecule has 4 rings (SSSR count). The fourth-order valence-corrected chi connectivity index (χ4v) is 7.71. The zero-order valence-electron chi connectivity index (χ0n) is 15.4. The van der Waals surface area contributed by atoms with E-state index in [4.69, 9.17) is 4.43 Å². The maximum absolute atomic E-state index is 6.98. The molecular weight excluding hydrogens is 344 g/mol.